The first kappa shape index (κ1) is 22.0. The van der Waals surface area contributed by atoms with Crippen LogP contribution in [0.4, 0.5) is 9.59 Å². The van der Waals surface area contributed by atoms with Gasteiger partial charge in [-0.25, -0.2) is 19.4 Å². The van der Waals surface area contributed by atoms with Crippen LogP contribution in [0.25, 0.3) is 0 Å². The van der Waals surface area contributed by atoms with Gasteiger partial charge in [-0.2, -0.15) is 0 Å². The van der Waals surface area contributed by atoms with E-state index in [0.717, 1.165) is 0 Å². The fourth-order valence-electron chi connectivity index (χ4n) is 3.42. The number of ether oxygens (including phenoxy) is 1. The maximum absolute atomic E-state index is 12.5. The van der Waals surface area contributed by atoms with Crippen molar-refractivity contribution in [1.82, 2.24) is 9.80 Å². The number of benzene rings is 2. The Morgan fingerprint density at radius 3 is 1.39 bits per heavy atom. The molecule has 0 aromatic heterocycles. The van der Waals surface area contributed by atoms with Crippen LogP contribution >= 0.6 is 0 Å². The molecule has 1 saturated heterocycles. The SMILES string of the molecule is O=C(O)N(CC1CCC(CN(C(=O)O)C(=O)c2ccccc2)O1)C(=O)c1ccccc1. The van der Waals surface area contributed by atoms with Crippen molar-refractivity contribution >= 4 is 24.0 Å². The zero-order chi connectivity index (χ0) is 22.4. The Bertz CT molecular complexity index is 871. The number of rotatable bonds is 6. The van der Waals surface area contributed by atoms with Crippen molar-refractivity contribution in [2.24, 2.45) is 0 Å². The van der Waals surface area contributed by atoms with E-state index >= 15 is 0 Å². The lowest BCUT2D eigenvalue weighted by molar-refractivity contribution is 0.0102. The van der Waals surface area contributed by atoms with E-state index in [2.05, 4.69) is 0 Å². The largest absolute Gasteiger partial charge is 0.465 e. The summed E-state index contributed by atoms with van der Waals surface area (Å²) in [7, 11) is 0. The number of carbonyl (C=O) groups is 4. The van der Waals surface area contributed by atoms with Crippen molar-refractivity contribution < 1.29 is 34.1 Å². The fraction of sp³-hybridized carbons (Fsp3) is 0.273. The molecule has 0 radical (unpaired) electrons. The highest BCUT2D eigenvalue weighted by Gasteiger charge is 2.34. The highest BCUT2D eigenvalue weighted by atomic mass is 16.5. The molecule has 162 valence electrons. The molecule has 0 bridgehead atoms. The third-order valence-corrected chi connectivity index (χ3v) is 4.96. The third-order valence-electron chi connectivity index (χ3n) is 4.96. The van der Waals surface area contributed by atoms with Crippen molar-refractivity contribution in [3.05, 3.63) is 71.8 Å². The van der Waals surface area contributed by atoms with Gasteiger partial charge in [-0.1, -0.05) is 36.4 Å². The minimum absolute atomic E-state index is 0.181. The van der Waals surface area contributed by atoms with Gasteiger partial charge in [0.15, 0.2) is 0 Å². The van der Waals surface area contributed by atoms with Crippen molar-refractivity contribution in [3.8, 4) is 0 Å². The van der Waals surface area contributed by atoms with Gasteiger partial charge in [-0.05, 0) is 37.1 Å². The first-order chi connectivity index (χ1) is 14.9. The van der Waals surface area contributed by atoms with Gasteiger partial charge in [0.05, 0.1) is 25.3 Å². The Morgan fingerprint density at radius 1 is 0.710 bits per heavy atom. The van der Waals surface area contributed by atoms with Gasteiger partial charge in [0.25, 0.3) is 11.8 Å². The Hall–Kier alpha value is -3.72. The van der Waals surface area contributed by atoms with E-state index in [1.165, 1.54) is 24.3 Å². The monoisotopic (exact) mass is 426 g/mol. The zero-order valence-electron chi connectivity index (χ0n) is 16.6. The molecule has 0 spiro atoms. The predicted molar refractivity (Wildman–Crippen MR) is 109 cm³/mol. The molecule has 0 aliphatic carbocycles. The number of imide groups is 2. The molecule has 2 unspecified atom stereocenters. The molecule has 1 fully saturated rings. The summed E-state index contributed by atoms with van der Waals surface area (Å²) in [4.78, 5) is 49.7. The summed E-state index contributed by atoms with van der Waals surface area (Å²) >= 11 is 0. The molecule has 1 aliphatic heterocycles. The Balaban J connectivity index is 1.63. The van der Waals surface area contributed by atoms with E-state index in [1.807, 2.05) is 0 Å². The molecule has 31 heavy (non-hydrogen) atoms. The van der Waals surface area contributed by atoms with Gasteiger partial charge in [0.1, 0.15) is 0 Å². The maximum Gasteiger partial charge on any atom is 0.414 e. The first-order valence-electron chi connectivity index (χ1n) is 9.72. The summed E-state index contributed by atoms with van der Waals surface area (Å²) in [5.74, 6) is -1.32. The molecule has 3 rings (SSSR count). The standard InChI is InChI=1S/C22H22N2O7/c25-19(15-7-3-1-4-8-15)23(21(27)28)13-17-11-12-18(31-17)14-24(22(29)30)20(26)16-9-5-2-6-10-16/h1-10,17-18H,11-14H2,(H,27,28)(H,29,30). The van der Waals surface area contributed by atoms with E-state index < -0.39 is 36.2 Å². The van der Waals surface area contributed by atoms with Crippen LogP contribution < -0.4 is 0 Å². The molecule has 1 aliphatic rings. The second-order valence-electron chi connectivity index (χ2n) is 7.09. The van der Waals surface area contributed by atoms with Gasteiger partial charge in [0, 0.05) is 11.1 Å². The minimum atomic E-state index is -1.40. The number of hydrogen-bond acceptors (Lipinski definition) is 5. The summed E-state index contributed by atoms with van der Waals surface area (Å²) in [5, 5.41) is 18.9. The second-order valence-corrected chi connectivity index (χ2v) is 7.09. The molecular formula is C22H22N2O7. The maximum atomic E-state index is 12.5. The van der Waals surface area contributed by atoms with Gasteiger partial charge in [-0.15, -0.1) is 0 Å². The van der Waals surface area contributed by atoms with E-state index in [1.54, 1.807) is 36.4 Å². The van der Waals surface area contributed by atoms with Gasteiger partial charge in [0.2, 0.25) is 0 Å². The predicted octanol–water partition coefficient (Wildman–Crippen LogP) is 3.17. The normalized spacial score (nSPS) is 17.7. The lowest BCUT2D eigenvalue weighted by atomic mass is 10.1. The Kier molecular flexibility index (Phi) is 6.99. The summed E-state index contributed by atoms with van der Waals surface area (Å²) in [6.45, 7) is -0.363. The van der Waals surface area contributed by atoms with Gasteiger partial charge < -0.3 is 14.9 Å². The van der Waals surface area contributed by atoms with Crippen LogP contribution in [-0.4, -0.2) is 69.3 Å². The Morgan fingerprint density at radius 2 is 1.06 bits per heavy atom. The first-order valence-corrected chi connectivity index (χ1v) is 9.72. The van der Waals surface area contributed by atoms with Crippen molar-refractivity contribution in [3.63, 3.8) is 0 Å². The highest BCUT2D eigenvalue weighted by Crippen LogP contribution is 2.23. The summed E-state index contributed by atoms with van der Waals surface area (Å²) < 4.78 is 5.78. The number of amides is 4. The van der Waals surface area contributed by atoms with Crippen molar-refractivity contribution in [2.75, 3.05) is 13.1 Å². The molecule has 4 amide bonds. The van der Waals surface area contributed by atoms with Crippen LogP contribution in [-0.2, 0) is 4.74 Å². The molecule has 9 nitrogen and oxygen atoms in total. The van der Waals surface area contributed by atoms with Crippen LogP contribution in [0.15, 0.2) is 60.7 Å². The van der Waals surface area contributed by atoms with E-state index in [0.29, 0.717) is 22.6 Å². The third kappa shape index (κ3) is 5.46. The average molecular weight is 426 g/mol. The van der Waals surface area contributed by atoms with Crippen LogP contribution in [0, 0.1) is 0 Å². The van der Waals surface area contributed by atoms with Gasteiger partial charge >= 0.3 is 12.2 Å². The highest BCUT2D eigenvalue weighted by molar-refractivity contribution is 6.03. The molecule has 9 heteroatoms. The molecule has 2 aromatic rings. The average Bonchev–Trinajstić information content (AvgIpc) is 3.23. The summed E-state index contributed by atoms with van der Waals surface area (Å²) in [6.07, 6.45) is -3.10. The molecule has 2 atom stereocenters. The van der Waals surface area contributed by atoms with Gasteiger partial charge in [-0.3, -0.25) is 9.59 Å². The quantitative estimate of drug-likeness (QED) is 0.727. The summed E-state index contributed by atoms with van der Waals surface area (Å²) in [6, 6.07) is 16.1. The van der Waals surface area contributed by atoms with Crippen LogP contribution in [0.5, 0.6) is 0 Å². The van der Waals surface area contributed by atoms with Crippen molar-refractivity contribution in [2.45, 2.75) is 25.0 Å². The van der Waals surface area contributed by atoms with Crippen LogP contribution in [0.2, 0.25) is 0 Å². The number of carboxylic acid groups (broad SMARTS) is 2. The van der Waals surface area contributed by atoms with Crippen LogP contribution in [0.1, 0.15) is 33.6 Å². The molecular weight excluding hydrogens is 404 g/mol. The van der Waals surface area contributed by atoms with E-state index in [9.17, 15) is 29.4 Å². The molecule has 2 aromatic carbocycles. The second kappa shape index (κ2) is 9.86. The molecule has 0 saturated carbocycles. The Labute approximate surface area is 178 Å². The molecule has 2 N–H and O–H groups in total. The lowest BCUT2D eigenvalue weighted by Gasteiger charge is -2.23. The fourth-order valence-corrected chi connectivity index (χ4v) is 3.42. The van der Waals surface area contributed by atoms with E-state index in [-0.39, 0.29) is 24.2 Å². The van der Waals surface area contributed by atoms with Crippen LogP contribution in [0.3, 0.4) is 0 Å². The smallest absolute Gasteiger partial charge is 0.414 e. The lowest BCUT2D eigenvalue weighted by Crippen LogP contribution is -2.43. The topological polar surface area (TPSA) is 124 Å². The molecule has 1 heterocycles. The number of hydrogen-bond donors (Lipinski definition) is 2. The zero-order valence-corrected chi connectivity index (χ0v) is 16.6. The summed E-state index contributed by atoms with van der Waals surface area (Å²) in [5.41, 5.74) is 0.481. The number of carbonyl (C=O) groups excluding carboxylic acids is 2. The van der Waals surface area contributed by atoms with Crippen molar-refractivity contribution in [1.29, 1.82) is 0 Å². The van der Waals surface area contributed by atoms with E-state index in [4.69, 9.17) is 4.74 Å². The minimum Gasteiger partial charge on any atom is -0.465 e. The number of nitrogens with zero attached hydrogens (tertiary/aromatic N) is 2.